The van der Waals surface area contributed by atoms with Crippen LogP contribution < -0.4 is 0 Å². The molecule has 1 heterocycles. The van der Waals surface area contributed by atoms with E-state index in [1.807, 2.05) is 73.8 Å². The Morgan fingerprint density at radius 2 is 1.92 bits per heavy atom. The summed E-state index contributed by atoms with van der Waals surface area (Å²) in [4.78, 5) is 4.57. The molecule has 3 nitrogen and oxygen atoms in total. The molecule has 0 bridgehead atoms. The number of pyridine rings is 1. The summed E-state index contributed by atoms with van der Waals surface area (Å²) in [6.07, 6.45) is 3.93. The van der Waals surface area contributed by atoms with Crippen LogP contribution in [0.15, 0.2) is 71.3 Å². The third-order valence-corrected chi connectivity index (χ3v) is 4.96. The highest BCUT2D eigenvalue weighted by molar-refractivity contribution is 9.10. The number of halogens is 1. The lowest BCUT2D eigenvalue weighted by atomic mass is 9.98. The zero-order chi connectivity index (χ0) is 18.5. The van der Waals surface area contributed by atoms with Gasteiger partial charge in [0.15, 0.2) is 0 Å². The predicted molar refractivity (Wildman–Crippen MR) is 109 cm³/mol. The summed E-state index contributed by atoms with van der Waals surface area (Å²) in [6.45, 7) is 2.01. The Morgan fingerprint density at radius 3 is 2.54 bits per heavy atom. The van der Waals surface area contributed by atoms with E-state index in [-0.39, 0.29) is 5.75 Å². The number of rotatable bonds is 5. The monoisotopic (exact) mass is 426 g/mol. The molecule has 132 valence electrons. The molecular weight excluding hydrogens is 410 g/mol. The van der Waals surface area contributed by atoms with Crippen LogP contribution in [-0.4, -0.2) is 13.7 Å². The van der Waals surface area contributed by atoms with Crippen LogP contribution in [0.3, 0.4) is 0 Å². The molecule has 0 spiro atoms. The molecule has 0 saturated carbocycles. The van der Waals surface area contributed by atoms with Crippen LogP contribution in [0.25, 0.3) is 11.6 Å². The second kappa shape index (κ2) is 8.54. The van der Waals surface area contributed by atoms with Crippen molar-refractivity contribution in [2.75, 3.05) is 0 Å². The molecule has 1 unspecified atom stereocenters. The molecule has 0 aliphatic rings. The molecule has 0 aliphatic carbocycles. The van der Waals surface area contributed by atoms with Gasteiger partial charge in [0.2, 0.25) is 0 Å². The Morgan fingerprint density at radius 1 is 1.15 bits per heavy atom. The Kier molecular flexibility index (Phi) is 6.14. The van der Waals surface area contributed by atoms with Gasteiger partial charge in [0.05, 0.1) is 5.69 Å². The van der Waals surface area contributed by atoms with Gasteiger partial charge in [-0.05, 0) is 53.5 Å². The summed E-state index contributed by atoms with van der Waals surface area (Å²) in [5.41, 5.74) is 5.77. The first-order valence-electron chi connectivity index (χ1n) is 8.07. The van der Waals surface area contributed by atoms with Gasteiger partial charge >= 0.3 is 0 Å². The Balaban J connectivity index is 2.05. The zero-order valence-corrected chi connectivity index (χ0v) is 16.6. The van der Waals surface area contributed by atoms with Gasteiger partial charge in [0.1, 0.15) is 0 Å². The normalized spacial score (nSPS) is 12.8. The SMILES string of the molecule is Cc1ccc(C(=Cc2cccc(Br)c2)c2ccc(CS(=O)[O-])cc2)nc1. The Bertz CT molecular complexity index is 951. The van der Waals surface area contributed by atoms with E-state index in [4.69, 9.17) is 0 Å². The van der Waals surface area contributed by atoms with Gasteiger partial charge in [-0.25, -0.2) is 0 Å². The molecule has 0 radical (unpaired) electrons. The van der Waals surface area contributed by atoms with E-state index in [9.17, 15) is 8.76 Å². The fourth-order valence-corrected chi connectivity index (χ4v) is 3.49. The first-order valence-corrected chi connectivity index (χ1v) is 10.1. The van der Waals surface area contributed by atoms with Gasteiger partial charge < -0.3 is 4.55 Å². The van der Waals surface area contributed by atoms with Crippen LogP contribution >= 0.6 is 15.9 Å². The average molecular weight is 427 g/mol. The summed E-state index contributed by atoms with van der Waals surface area (Å²) >= 11 is 1.41. The number of benzene rings is 2. The quantitative estimate of drug-likeness (QED) is 0.420. The van der Waals surface area contributed by atoms with E-state index < -0.39 is 11.1 Å². The fraction of sp³-hybridized carbons (Fsp3) is 0.0952. The molecule has 3 rings (SSSR count). The van der Waals surface area contributed by atoms with Gasteiger partial charge in [-0.2, -0.15) is 0 Å². The van der Waals surface area contributed by atoms with E-state index in [1.54, 1.807) is 0 Å². The predicted octanol–water partition coefficient (Wildman–Crippen LogP) is 5.12. The van der Waals surface area contributed by atoms with Gasteiger partial charge in [0.25, 0.3) is 0 Å². The lowest BCUT2D eigenvalue weighted by Gasteiger charge is -2.11. The van der Waals surface area contributed by atoms with Crippen LogP contribution in [0.2, 0.25) is 0 Å². The molecule has 1 aromatic heterocycles. The van der Waals surface area contributed by atoms with E-state index >= 15 is 0 Å². The van der Waals surface area contributed by atoms with Gasteiger partial charge in [-0.3, -0.25) is 9.19 Å². The summed E-state index contributed by atoms with van der Waals surface area (Å²) in [5, 5.41) is 0. The second-order valence-electron chi connectivity index (χ2n) is 5.98. The number of nitrogens with zero attached hydrogens (tertiary/aromatic N) is 1. The molecular formula is C21H17BrNO2S-. The Labute approximate surface area is 164 Å². The van der Waals surface area contributed by atoms with Crippen LogP contribution in [0, 0.1) is 6.92 Å². The summed E-state index contributed by atoms with van der Waals surface area (Å²) < 4.78 is 22.8. The number of aryl methyl sites for hydroxylation is 1. The summed E-state index contributed by atoms with van der Waals surface area (Å²) in [7, 11) is 0. The maximum Gasteiger partial charge on any atom is 0.0708 e. The third kappa shape index (κ3) is 4.97. The van der Waals surface area contributed by atoms with Crippen molar-refractivity contribution < 1.29 is 8.76 Å². The summed E-state index contributed by atoms with van der Waals surface area (Å²) in [5.74, 6) is 0.0216. The molecule has 2 aromatic carbocycles. The standard InChI is InChI=1S/C21H18BrNO2S/c1-15-5-10-21(23-13-15)20(12-17-3-2-4-19(22)11-17)18-8-6-16(7-9-18)14-26(24)25/h2-13H,14H2,1H3,(H,24,25)/p-1. The molecule has 1 atom stereocenters. The van der Waals surface area contributed by atoms with Gasteiger partial charge in [-0.15, -0.1) is 0 Å². The molecule has 0 amide bonds. The van der Waals surface area contributed by atoms with Crippen LogP contribution in [0.1, 0.15) is 27.9 Å². The smallest absolute Gasteiger partial charge is 0.0708 e. The lowest BCUT2D eigenvalue weighted by Crippen LogP contribution is -1.96. The molecule has 0 saturated heterocycles. The Hall–Kier alpha value is -2.08. The van der Waals surface area contributed by atoms with E-state index in [2.05, 4.69) is 27.0 Å². The third-order valence-electron chi connectivity index (χ3n) is 3.90. The minimum Gasteiger partial charge on any atom is -0.772 e. The average Bonchev–Trinajstić information content (AvgIpc) is 2.61. The van der Waals surface area contributed by atoms with Gasteiger partial charge in [-0.1, -0.05) is 69.5 Å². The minimum absolute atomic E-state index is 0.0216. The first-order chi connectivity index (χ1) is 12.5. The molecule has 0 fully saturated rings. The van der Waals surface area contributed by atoms with Crippen LogP contribution in [0.5, 0.6) is 0 Å². The highest BCUT2D eigenvalue weighted by Crippen LogP contribution is 2.26. The highest BCUT2D eigenvalue weighted by Gasteiger charge is 2.08. The van der Waals surface area contributed by atoms with E-state index in [1.165, 1.54) is 0 Å². The maximum absolute atomic E-state index is 10.9. The van der Waals surface area contributed by atoms with Crippen LogP contribution in [0.4, 0.5) is 0 Å². The molecule has 0 aliphatic heterocycles. The molecule has 0 N–H and O–H groups in total. The number of hydrogen-bond donors (Lipinski definition) is 0. The fourth-order valence-electron chi connectivity index (χ4n) is 2.61. The zero-order valence-electron chi connectivity index (χ0n) is 14.2. The van der Waals surface area contributed by atoms with Gasteiger partial charge in [0, 0.05) is 22.0 Å². The largest absolute Gasteiger partial charge is 0.772 e. The van der Waals surface area contributed by atoms with Crippen molar-refractivity contribution in [1.29, 1.82) is 0 Å². The number of aromatic nitrogens is 1. The van der Waals surface area contributed by atoms with Crippen molar-refractivity contribution >= 4 is 38.7 Å². The van der Waals surface area contributed by atoms with Crippen molar-refractivity contribution in [3.05, 3.63) is 99.3 Å². The minimum atomic E-state index is -2.09. The van der Waals surface area contributed by atoms with Crippen LogP contribution in [-0.2, 0) is 16.8 Å². The summed E-state index contributed by atoms with van der Waals surface area (Å²) in [6, 6.07) is 19.6. The molecule has 3 aromatic rings. The van der Waals surface area contributed by atoms with Crippen molar-refractivity contribution in [2.45, 2.75) is 12.7 Å². The van der Waals surface area contributed by atoms with E-state index in [0.717, 1.165) is 38.0 Å². The second-order valence-corrected chi connectivity index (χ2v) is 7.79. The van der Waals surface area contributed by atoms with Crippen molar-refractivity contribution in [1.82, 2.24) is 4.98 Å². The molecule has 5 heteroatoms. The number of hydrogen-bond acceptors (Lipinski definition) is 3. The molecule has 26 heavy (non-hydrogen) atoms. The lowest BCUT2D eigenvalue weighted by molar-refractivity contribution is 0.536. The van der Waals surface area contributed by atoms with E-state index in [0.29, 0.717) is 0 Å². The highest BCUT2D eigenvalue weighted by atomic mass is 79.9. The van der Waals surface area contributed by atoms with Crippen molar-refractivity contribution in [2.24, 2.45) is 0 Å². The topological polar surface area (TPSA) is 53.0 Å². The maximum atomic E-state index is 10.9. The van der Waals surface area contributed by atoms with Crippen molar-refractivity contribution in [3.8, 4) is 0 Å². The van der Waals surface area contributed by atoms with Crippen molar-refractivity contribution in [3.63, 3.8) is 0 Å². The first kappa shape index (κ1) is 18.7.